The first-order valence-electron chi connectivity index (χ1n) is 6.12. The van der Waals surface area contributed by atoms with Gasteiger partial charge in [-0.2, -0.15) is 0 Å². The van der Waals surface area contributed by atoms with Gasteiger partial charge in [0.05, 0.1) is 0 Å². The highest BCUT2D eigenvalue weighted by atomic mass is 15.2. The van der Waals surface area contributed by atoms with Crippen LogP contribution >= 0.6 is 0 Å². The molecule has 1 fully saturated rings. The fourth-order valence-electron chi connectivity index (χ4n) is 1.90. The lowest BCUT2D eigenvalue weighted by atomic mass is 10.1. The second-order valence-electron chi connectivity index (χ2n) is 4.70. The van der Waals surface area contributed by atoms with Crippen LogP contribution in [0.15, 0.2) is 0 Å². The summed E-state index contributed by atoms with van der Waals surface area (Å²) in [5.74, 6) is 0. The Morgan fingerprint density at radius 1 is 1.13 bits per heavy atom. The van der Waals surface area contributed by atoms with Crippen molar-refractivity contribution in [1.29, 1.82) is 0 Å². The minimum atomic E-state index is 0.287. The molecule has 0 spiro atoms. The standard InChI is InChI=1S/C11H26N4/c1-10(12)2-3-11(13)4-7-15-8-5-14-6-9-15/h10-11,14H,2-9,12-13H2,1H3. The van der Waals surface area contributed by atoms with Crippen LogP contribution in [-0.4, -0.2) is 49.7 Å². The molecule has 1 rings (SSSR count). The molecule has 0 amide bonds. The molecule has 1 saturated heterocycles. The SMILES string of the molecule is CC(N)CCC(N)CCN1CCNCC1. The number of piperazine rings is 1. The molecule has 0 aliphatic carbocycles. The van der Waals surface area contributed by atoms with Gasteiger partial charge in [0.2, 0.25) is 0 Å². The van der Waals surface area contributed by atoms with E-state index in [1.54, 1.807) is 0 Å². The van der Waals surface area contributed by atoms with E-state index in [0.717, 1.165) is 38.9 Å². The Balaban J connectivity index is 2.02. The van der Waals surface area contributed by atoms with Gasteiger partial charge in [0.25, 0.3) is 0 Å². The quantitative estimate of drug-likeness (QED) is 0.570. The third-order valence-electron chi connectivity index (χ3n) is 3.02. The molecule has 5 N–H and O–H groups in total. The molecule has 1 heterocycles. The van der Waals surface area contributed by atoms with Crippen molar-refractivity contribution in [2.45, 2.75) is 38.3 Å². The zero-order valence-corrected chi connectivity index (χ0v) is 9.91. The second kappa shape index (κ2) is 7.17. The molecule has 0 bridgehead atoms. The summed E-state index contributed by atoms with van der Waals surface area (Å²) in [5, 5.41) is 3.35. The van der Waals surface area contributed by atoms with Crippen LogP contribution in [0.5, 0.6) is 0 Å². The maximum Gasteiger partial charge on any atom is 0.0107 e. The molecule has 0 aromatic rings. The highest BCUT2D eigenvalue weighted by molar-refractivity contribution is 4.71. The van der Waals surface area contributed by atoms with Gasteiger partial charge in [0.15, 0.2) is 0 Å². The van der Waals surface area contributed by atoms with Crippen LogP contribution in [-0.2, 0) is 0 Å². The molecule has 4 nitrogen and oxygen atoms in total. The number of nitrogens with two attached hydrogens (primary N) is 2. The van der Waals surface area contributed by atoms with Crippen molar-refractivity contribution in [2.75, 3.05) is 32.7 Å². The molecule has 0 aromatic carbocycles. The van der Waals surface area contributed by atoms with Crippen molar-refractivity contribution in [2.24, 2.45) is 11.5 Å². The van der Waals surface area contributed by atoms with Gasteiger partial charge < -0.3 is 21.7 Å². The first-order chi connectivity index (χ1) is 7.18. The third-order valence-corrected chi connectivity index (χ3v) is 3.02. The largest absolute Gasteiger partial charge is 0.328 e. The average molecular weight is 214 g/mol. The maximum absolute atomic E-state index is 6.04. The number of nitrogens with one attached hydrogen (secondary N) is 1. The lowest BCUT2D eigenvalue weighted by Gasteiger charge is -2.28. The lowest BCUT2D eigenvalue weighted by Crippen LogP contribution is -2.44. The number of rotatable bonds is 6. The topological polar surface area (TPSA) is 67.3 Å². The Labute approximate surface area is 93.4 Å². The van der Waals surface area contributed by atoms with Crippen molar-refractivity contribution in [3.8, 4) is 0 Å². The molecule has 1 aliphatic heterocycles. The van der Waals surface area contributed by atoms with E-state index in [4.69, 9.17) is 11.5 Å². The zero-order chi connectivity index (χ0) is 11.1. The summed E-state index contributed by atoms with van der Waals surface area (Å²) in [4.78, 5) is 2.49. The molecule has 0 aromatic heterocycles. The first-order valence-corrected chi connectivity index (χ1v) is 6.12. The minimum absolute atomic E-state index is 0.287. The summed E-state index contributed by atoms with van der Waals surface area (Å²) in [6.07, 6.45) is 3.21. The number of hydrogen-bond donors (Lipinski definition) is 3. The molecule has 15 heavy (non-hydrogen) atoms. The van der Waals surface area contributed by atoms with Crippen molar-refractivity contribution in [3.63, 3.8) is 0 Å². The predicted molar refractivity (Wildman–Crippen MR) is 64.8 cm³/mol. The van der Waals surface area contributed by atoms with E-state index in [1.165, 1.54) is 13.1 Å². The van der Waals surface area contributed by atoms with Gasteiger partial charge in [-0.3, -0.25) is 0 Å². The van der Waals surface area contributed by atoms with Crippen molar-refractivity contribution in [3.05, 3.63) is 0 Å². The van der Waals surface area contributed by atoms with Gasteiger partial charge in [0.1, 0.15) is 0 Å². The summed E-state index contributed by atoms with van der Waals surface area (Å²) in [6.45, 7) is 7.76. The maximum atomic E-state index is 6.04. The van der Waals surface area contributed by atoms with Crippen LogP contribution in [0.4, 0.5) is 0 Å². The van der Waals surface area contributed by atoms with Crippen LogP contribution < -0.4 is 16.8 Å². The molecule has 0 saturated carbocycles. The van der Waals surface area contributed by atoms with E-state index in [0.29, 0.717) is 6.04 Å². The Kier molecular flexibility index (Phi) is 6.17. The average Bonchev–Trinajstić information content (AvgIpc) is 2.25. The van der Waals surface area contributed by atoms with Crippen LogP contribution in [0, 0.1) is 0 Å². The Morgan fingerprint density at radius 2 is 1.80 bits per heavy atom. The molecule has 0 radical (unpaired) electrons. The smallest absolute Gasteiger partial charge is 0.0107 e. The Bertz CT molecular complexity index is 155. The highest BCUT2D eigenvalue weighted by Crippen LogP contribution is 2.03. The second-order valence-corrected chi connectivity index (χ2v) is 4.70. The van der Waals surface area contributed by atoms with Gasteiger partial charge in [-0.15, -0.1) is 0 Å². The zero-order valence-electron chi connectivity index (χ0n) is 9.91. The van der Waals surface area contributed by atoms with Gasteiger partial charge in [-0.25, -0.2) is 0 Å². The minimum Gasteiger partial charge on any atom is -0.328 e. The van der Waals surface area contributed by atoms with E-state index in [9.17, 15) is 0 Å². The van der Waals surface area contributed by atoms with Crippen molar-refractivity contribution in [1.82, 2.24) is 10.2 Å². The first kappa shape index (κ1) is 12.9. The van der Waals surface area contributed by atoms with E-state index in [1.807, 2.05) is 6.92 Å². The van der Waals surface area contributed by atoms with Crippen molar-refractivity contribution >= 4 is 0 Å². The van der Waals surface area contributed by atoms with E-state index in [2.05, 4.69) is 10.2 Å². The molecule has 4 heteroatoms. The van der Waals surface area contributed by atoms with Gasteiger partial charge in [-0.1, -0.05) is 0 Å². The lowest BCUT2D eigenvalue weighted by molar-refractivity contribution is 0.231. The summed E-state index contributed by atoms with van der Waals surface area (Å²) in [7, 11) is 0. The molecule has 2 unspecified atom stereocenters. The van der Waals surface area contributed by atoms with Gasteiger partial charge in [-0.05, 0) is 32.7 Å². The van der Waals surface area contributed by atoms with Gasteiger partial charge in [0, 0.05) is 38.3 Å². The van der Waals surface area contributed by atoms with Crippen LogP contribution in [0.1, 0.15) is 26.2 Å². The fourth-order valence-corrected chi connectivity index (χ4v) is 1.90. The normalized spacial score (nSPS) is 22.6. The molecule has 1 aliphatic rings. The molecular weight excluding hydrogens is 188 g/mol. The van der Waals surface area contributed by atoms with Gasteiger partial charge >= 0.3 is 0 Å². The Morgan fingerprint density at radius 3 is 2.40 bits per heavy atom. The molecular formula is C11H26N4. The highest BCUT2D eigenvalue weighted by Gasteiger charge is 2.11. The summed E-state index contributed by atoms with van der Waals surface area (Å²) >= 11 is 0. The molecule has 90 valence electrons. The van der Waals surface area contributed by atoms with Crippen LogP contribution in [0.3, 0.4) is 0 Å². The Hall–Kier alpha value is -0.160. The van der Waals surface area contributed by atoms with Crippen LogP contribution in [0.25, 0.3) is 0 Å². The predicted octanol–water partition coefficient (Wildman–Crippen LogP) is -0.264. The summed E-state index contributed by atoms with van der Waals surface area (Å²) in [5.41, 5.74) is 11.7. The fraction of sp³-hybridized carbons (Fsp3) is 1.00. The van der Waals surface area contributed by atoms with Crippen molar-refractivity contribution < 1.29 is 0 Å². The molecule has 2 atom stereocenters. The van der Waals surface area contributed by atoms with E-state index < -0.39 is 0 Å². The third kappa shape index (κ3) is 6.10. The number of nitrogens with zero attached hydrogens (tertiary/aromatic N) is 1. The summed E-state index contributed by atoms with van der Waals surface area (Å²) in [6, 6.07) is 0.612. The number of hydrogen-bond acceptors (Lipinski definition) is 4. The van der Waals surface area contributed by atoms with Crippen LogP contribution in [0.2, 0.25) is 0 Å². The summed E-state index contributed by atoms with van der Waals surface area (Å²) < 4.78 is 0. The van der Waals surface area contributed by atoms with E-state index in [-0.39, 0.29) is 6.04 Å². The van der Waals surface area contributed by atoms with E-state index >= 15 is 0 Å². The monoisotopic (exact) mass is 214 g/mol.